The van der Waals surface area contributed by atoms with Crippen LogP contribution in [0.25, 0.3) is 10.6 Å². The Kier molecular flexibility index (Phi) is 3.10. The number of carbonyl (C=O) groups excluding carboxylic acids is 1. The second-order valence-corrected chi connectivity index (χ2v) is 5.51. The molecule has 1 amide bonds. The van der Waals surface area contributed by atoms with Gasteiger partial charge in [-0.25, -0.2) is 10.1 Å². The summed E-state index contributed by atoms with van der Waals surface area (Å²) in [6, 6.07) is 1.99. The number of thiazole rings is 1. The zero-order valence-electron chi connectivity index (χ0n) is 9.88. The van der Waals surface area contributed by atoms with Gasteiger partial charge in [-0.1, -0.05) is 0 Å². The molecule has 0 bridgehead atoms. The molecular weight excluding hydrogens is 282 g/mol. The fourth-order valence-corrected chi connectivity index (χ4v) is 3.22. The van der Waals surface area contributed by atoms with Crippen LogP contribution in [0.15, 0.2) is 23.2 Å². The Morgan fingerprint density at radius 1 is 1.47 bits per heavy atom. The molecule has 3 rings (SSSR count). The maximum atomic E-state index is 12.1. The number of anilines is 1. The SMILES string of the molecule is Cc1nc(-c2ccsc2)sc1C(=O)Nc1ncn[nH]1. The number of aryl methyl sites for hydroxylation is 1. The van der Waals surface area contributed by atoms with Gasteiger partial charge < -0.3 is 0 Å². The van der Waals surface area contributed by atoms with E-state index in [1.165, 1.54) is 17.7 Å². The number of nitrogens with zero attached hydrogens (tertiary/aromatic N) is 3. The zero-order chi connectivity index (χ0) is 13.2. The molecule has 0 spiro atoms. The Morgan fingerprint density at radius 3 is 3.05 bits per heavy atom. The first-order chi connectivity index (χ1) is 9.24. The minimum atomic E-state index is -0.228. The second-order valence-electron chi connectivity index (χ2n) is 3.73. The molecule has 19 heavy (non-hydrogen) atoms. The number of aromatic amines is 1. The summed E-state index contributed by atoms with van der Waals surface area (Å²) in [5.41, 5.74) is 1.75. The molecule has 0 aliphatic heterocycles. The van der Waals surface area contributed by atoms with Crippen LogP contribution in [0.2, 0.25) is 0 Å². The highest BCUT2D eigenvalue weighted by molar-refractivity contribution is 7.17. The Labute approximate surface area is 116 Å². The molecule has 0 atom stereocenters. The predicted octanol–water partition coefficient (Wildman–Crippen LogP) is 2.55. The van der Waals surface area contributed by atoms with Crippen molar-refractivity contribution in [1.29, 1.82) is 0 Å². The second kappa shape index (κ2) is 4.90. The van der Waals surface area contributed by atoms with E-state index >= 15 is 0 Å². The number of hydrogen-bond acceptors (Lipinski definition) is 6. The number of aromatic nitrogens is 4. The van der Waals surface area contributed by atoms with Gasteiger partial charge in [-0.15, -0.1) is 11.3 Å². The van der Waals surface area contributed by atoms with Gasteiger partial charge in [0.1, 0.15) is 16.2 Å². The maximum absolute atomic E-state index is 12.1. The lowest BCUT2D eigenvalue weighted by molar-refractivity contribution is 0.102. The van der Waals surface area contributed by atoms with E-state index in [1.54, 1.807) is 11.3 Å². The fraction of sp³-hybridized carbons (Fsp3) is 0.0909. The first-order valence-electron chi connectivity index (χ1n) is 5.41. The van der Waals surface area contributed by atoms with Crippen LogP contribution in [0.1, 0.15) is 15.4 Å². The average molecular weight is 291 g/mol. The molecule has 3 aromatic heterocycles. The largest absolute Gasteiger partial charge is 0.290 e. The minimum Gasteiger partial charge on any atom is -0.290 e. The van der Waals surface area contributed by atoms with Gasteiger partial charge >= 0.3 is 0 Å². The summed E-state index contributed by atoms with van der Waals surface area (Å²) in [5.74, 6) is 0.100. The number of nitrogens with one attached hydrogen (secondary N) is 2. The van der Waals surface area contributed by atoms with Crippen molar-refractivity contribution in [3.05, 3.63) is 33.7 Å². The molecule has 0 fully saturated rings. The summed E-state index contributed by atoms with van der Waals surface area (Å²) in [7, 11) is 0. The van der Waals surface area contributed by atoms with Crippen LogP contribution in [0.3, 0.4) is 0 Å². The van der Waals surface area contributed by atoms with Crippen molar-refractivity contribution in [3.8, 4) is 10.6 Å². The molecule has 0 aromatic carbocycles. The third kappa shape index (κ3) is 2.40. The molecule has 0 saturated heterocycles. The topological polar surface area (TPSA) is 83.6 Å². The van der Waals surface area contributed by atoms with Crippen LogP contribution < -0.4 is 5.32 Å². The van der Waals surface area contributed by atoms with Gasteiger partial charge in [-0.3, -0.25) is 10.1 Å². The molecule has 96 valence electrons. The standard InChI is InChI=1S/C11H9N5OS2/c1-6-8(9(17)15-11-12-5-13-16-11)19-10(14-6)7-2-3-18-4-7/h2-5H,1H3,(H2,12,13,15,16,17). The van der Waals surface area contributed by atoms with Crippen molar-refractivity contribution in [2.24, 2.45) is 0 Å². The predicted molar refractivity (Wildman–Crippen MR) is 74.5 cm³/mol. The first kappa shape index (κ1) is 12.0. The van der Waals surface area contributed by atoms with Crippen LogP contribution in [-0.4, -0.2) is 26.1 Å². The highest BCUT2D eigenvalue weighted by atomic mass is 32.1. The van der Waals surface area contributed by atoms with Gasteiger partial charge in [0, 0.05) is 10.9 Å². The van der Waals surface area contributed by atoms with Crippen molar-refractivity contribution < 1.29 is 4.79 Å². The van der Waals surface area contributed by atoms with Crippen LogP contribution in [-0.2, 0) is 0 Å². The van der Waals surface area contributed by atoms with E-state index in [-0.39, 0.29) is 5.91 Å². The van der Waals surface area contributed by atoms with E-state index < -0.39 is 0 Å². The molecule has 0 radical (unpaired) electrons. The molecule has 0 aliphatic carbocycles. The van der Waals surface area contributed by atoms with Gasteiger partial charge in [0.2, 0.25) is 5.95 Å². The van der Waals surface area contributed by atoms with Crippen molar-refractivity contribution in [3.63, 3.8) is 0 Å². The average Bonchev–Trinajstić information content (AvgIpc) is 3.07. The van der Waals surface area contributed by atoms with Gasteiger partial charge in [-0.2, -0.15) is 21.4 Å². The summed E-state index contributed by atoms with van der Waals surface area (Å²) < 4.78 is 0. The Hall–Kier alpha value is -2.06. The number of thiophene rings is 1. The molecule has 0 aliphatic rings. The smallest absolute Gasteiger partial charge is 0.270 e. The molecule has 3 aromatic rings. The Bertz CT molecular complexity index is 687. The molecule has 3 heterocycles. The van der Waals surface area contributed by atoms with E-state index in [0.29, 0.717) is 16.5 Å². The number of H-pyrrole nitrogens is 1. The molecular formula is C11H9N5OS2. The Morgan fingerprint density at radius 2 is 2.37 bits per heavy atom. The lowest BCUT2D eigenvalue weighted by Crippen LogP contribution is -2.12. The van der Waals surface area contributed by atoms with Crippen LogP contribution >= 0.6 is 22.7 Å². The monoisotopic (exact) mass is 291 g/mol. The summed E-state index contributed by atoms with van der Waals surface area (Å²) in [6.07, 6.45) is 1.34. The van der Waals surface area contributed by atoms with E-state index in [1.807, 2.05) is 23.8 Å². The number of hydrogen-bond donors (Lipinski definition) is 2. The summed E-state index contributed by atoms with van der Waals surface area (Å²) >= 11 is 2.97. The van der Waals surface area contributed by atoms with Gasteiger partial charge in [0.15, 0.2) is 0 Å². The van der Waals surface area contributed by atoms with Crippen LogP contribution in [0, 0.1) is 6.92 Å². The lowest BCUT2D eigenvalue weighted by atomic mass is 10.3. The Balaban J connectivity index is 1.87. The van der Waals surface area contributed by atoms with E-state index in [0.717, 1.165) is 10.6 Å². The lowest BCUT2D eigenvalue weighted by Gasteiger charge is -1.98. The van der Waals surface area contributed by atoms with Crippen LogP contribution in [0.4, 0.5) is 5.95 Å². The van der Waals surface area contributed by atoms with Gasteiger partial charge in [0.05, 0.1) is 5.69 Å². The van der Waals surface area contributed by atoms with Crippen molar-refractivity contribution in [2.45, 2.75) is 6.92 Å². The molecule has 0 unspecified atom stereocenters. The summed E-state index contributed by atoms with van der Waals surface area (Å²) in [4.78, 5) is 20.9. The molecule has 2 N–H and O–H groups in total. The van der Waals surface area contributed by atoms with Gasteiger partial charge in [0.25, 0.3) is 5.91 Å². The highest BCUT2D eigenvalue weighted by Crippen LogP contribution is 2.29. The highest BCUT2D eigenvalue weighted by Gasteiger charge is 2.17. The molecule has 0 saturated carbocycles. The number of rotatable bonds is 3. The number of carbonyl (C=O) groups is 1. The summed E-state index contributed by atoms with van der Waals surface area (Å²) in [6.45, 7) is 1.82. The molecule has 6 nitrogen and oxygen atoms in total. The van der Waals surface area contributed by atoms with E-state index in [4.69, 9.17) is 0 Å². The third-order valence-corrected chi connectivity index (χ3v) is 4.31. The first-order valence-corrected chi connectivity index (χ1v) is 7.16. The fourth-order valence-electron chi connectivity index (χ4n) is 1.55. The maximum Gasteiger partial charge on any atom is 0.270 e. The molecule has 8 heteroatoms. The van der Waals surface area contributed by atoms with Crippen molar-refractivity contribution in [2.75, 3.05) is 5.32 Å². The third-order valence-electron chi connectivity index (χ3n) is 2.42. The summed E-state index contributed by atoms with van der Waals surface area (Å²) in [5, 5.41) is 13.7. The van der Waals surface area contributed by atoms with E-state index in [2.05, 4.69) is 25.5 Å². The van der Waals surface area contributed by atoms with Crippen LogP contribution in [0.5, 0.6) is 0 Å². The normalized spacial score (nSPS) is 10.6. The van der Waals surface area contributed by atoms with Gasteiger partial charge in [-0.05, 0) is 18.4 Å². The zero-order valence-corrected chi connectivity index (χ0v) is 11.5. The van der Waals surface area contributed by atoms with Crippen molar-refractivity contribution in [1.82, 2.24) is 20.2 Å². The van der Waals surface area contributed by atoms with E-state index in [9.17, 15) is 4.79 Å². The minimum absolute atomic E-state index is 0.228. The number of amides is 1. The quantitative estimate of drug-likeness (QED) is 0.776. The van der Waals surface area contributed by atoms with Crippen molar-refractivity contribution >= 4 is 34.5 Å².